The summed E-state index contributed by atoms with van der Waals surface area (Å²) < 4.78 is 5.02. The molecule has 0 aromatic carbocycles. The van der Waals surface area contributed by atoms with Crippen LogP contribution in [-0.4, -0.2) is 23.6 Å². The first-order chi connectivity index (χ1) is 8.78. The Morgan fingerprint density at radius 1 is 1.56 bits per heavy atom. The van der Waals surface area contributed by atoms with E-state index in [1.54, 1.807) is 5.51 Å². The van der Waals surface area contributed by atoms with E-state index in [9.17, 15) is 4.79 Å². The van der Waals surface area contributed by atoms with Crippen LogP contribution in [0.2, 0.25) is 0 Å². The molecule has 2 fully saturated rings. The van der Waals surface area contributed by atoms with E-state index in [1.165, 1.54) is 37.0 Å². The molecular formula is C13H18N2O2S. The van der Waals surface area contributed by atoms with Crippen molar-refractivity contribution >= 4 is 22.3 Å². The summed E-state index contributed by atoms with van der Waals surface area (Å²) in [5.74, 6) is 1.36. The summed E-state index contributed by atoms with van der Waals surface area (Å²) in [4.78, 5) is 15.9. The molecule has 98 valence electrons. The number of carbonyl (C=O) groups is 1. The van der Waals surface area contributed by atoms with Gasteiger partial charge in [0.15, 0.2) is 5.69 Å². The van der Waals surface area contributed by atoms with Crippen LogP contribution >= 0.6 is 11.3 Å². The molecule has 0 saturated heterocycles. The summed E-state index contributed by atoms with van der Waals surface area (Å²) in [7, 11) is 0. The lowest BCUT2D eigenvalue weighted by Gasteiger charge is -2.23. The van der Waals surface area contributed by atoms with Crippen molar-refractivity contribution in [3.8, 4) is 0 Å². The molecule has 18 heavy (non-hydrogen) atoms. The number of esters is 1. The molecular weight excluding hydrogens is 248 g/mol. The first-order valence-electron chi connectivity index (χ1n) is 6.65. The van der Waals surface area contributed by atoms with Gasteiger partial charge >= 0.3 is 5.97 Å². The highest BCUT2D eigenvalue weighted by molar-refractivity contribution is 7.14. The number of anilines is 1. The highest BCUT2D eigenvalue weighted by Gasteiger charge is 2.40. The van der Waals surface area contributed by atoms with E-state index < -0.39 is 0 Å². The van der Waals surface area contributed by atoms with E-state index in [2.05, 4.69) is 10.3 Å². The fourth-order valence-electron chi connectivity index (χ4n) is 3.28. The van der Waals surface area contributed by atoms with Crippen molar-refractivity contribution in [2.45, 2.75) is 38.6 Å². The van der Waals surface area contributed by atoms with Gasteiger partial charge < -0.3 is 10.1 Å². The zero-order valence-corrected chi connectivity index (χ0v) is 11.3. The SMILES string of the molecule is CCOC(=O)c1ncsc1NC1CC2CCC1C2. The predicted octanol–water partition coefficient (Wildman–Crippen LogP) is 2.92. The molecule has 4 nitrogen and oxygen atoms in total. The summed E-state index contributed by atoms with van der Waals surface area (Å²) in [6.45, 7) is 2.21. The summed E-state index contributed by atoms with van der Waals surface area (Å²) in [5.41, 5.74) is 2.16. The molecule has 1 N–H and O–H groups in total. The topological polar surface area (TPSA) is 51.2 Å². The summed E-state index contributed by atoms with van der Waals surface area (Å²) in [6, 6.07) is 0.525. The molecule has 3 atom stereocenters. The van der Waals surface area contributed by atoms with Crippen LogP contribution in [0.1, 0.15) is 43.1 Å². The van der Waals surface area contributed by atoms with Crippen LogP contribution in [0.25, 0.3) is 0 Å². The Morgan fingerprint density at radius 3 is 3.11 bits per heavy atom. The Labute approximate surface area is 111 Å². The Balaban J connectivity index is 1.69. The van der Waals surface area contributed by atoms with Gasteiger partial charge in [0, 0.05) is 6.04 Å². The van der Waals surface area contributed by atoms with Crippen molar-refractivity contribution < 1.29 is 9.53 Å². The molecule has 3 rings (SSSR count). The second-order valence-electron chi connectivity index (χ2n) is 5.18. The van der Waals surface area contributed by atoms with Crippen LogP contribution in [0.5, 0.6) is 0 Å². The minimum atomic E-state index is -0.315. The van der Waals surface area contributed by atoms with Crippen molar-refractivity contribution in [1.82, 2.24) is 4.98 Å². The second-order valence-corrected chi connectivity index (χ2v) is 6.03. The lowest BCUT2D eigenvalue weighted by Crippen LogP contribution is -2.26. The smallest absolute Gasteiger partial charge is 0.360 e. The van der Waals surface area contributed by atoms with Crippen LogP contribution < -0.4 is 5.32 Å². The van der Waals surface area contributed by atoms with Gasteiger partial charge in [0.1, 0.15) is 5.00 Å². The molecule has 1 heterocycles. The number of rotatable bonds is 4. The number of hydrogen-bond acceptors (Lipinski definition) is 5. The van der Waals surface area contributed by atoms with Crippen molar-refractivity contribution in [1.29, 1.82) is 0 Å². The molecule has 0 spiro atoms. The Bertz CT molecular complexity index is 446. The Hall–Kier alpha value is -1.10. The van der Waals surface area contributed by atoms with Crippen molar-refractivity contribution in [3.05, 3.63) is 11.2 Å². The van der Waals surface area contributed by atoms with E-state index in [4.69, 9.17) is 4.74 Å². The molecule has 0 radical (unpaired) electrons. The van der Waals surface area contributed by atoms with Crippen LogP contribution in [0.3, 0.4) is 0 Å². The number of nitrogens with zero attached hydrogens (tertiary/aromatic N) is 1. The van der Waals surface area contributed by atoms with Gasteiger partial charge in [-0.15, -0.1) is 11.3 Å². The van der Waals surface area contributed by atoms with Gasteiger partial charge in [-0.05, 0) is 38.0 Å². The van der Waals surface area contributed by atoms with Crippen molar-refractivity contribution in [2.75, 3.05) is 11.9 Å². The number of nitrogens with one attached hydrogen (secondary N) is 1. The summed E-state index contributed by atoms with van der Waals surface area (Å²) >= 11 is 1.49. The van der Waals surface area contributed by atoms with Gasteiger partial charge in [-0.1, -0.05) is 6.42 Å². The molecule has 0 aliphatic heterocycles. The van der Waals surface area contributed by atoms with E-state index >= 15 is 0 Å². The minimum Gasteiger partial charge on any atom is -0.461 e. The lowest BCUT2D eigenvalue weighted by atomic mass is 9.95. The molecule has 5 heteroatoms. The van der Waals surface area contributed by atoms with Crippen LogP contribution in [0.4, 0.5) is 5.00 Å². The fraction of sp³-hybridized carbons (Fsp3) is 0.692. The quantitative estimate of drug-likeness (QED) is 0.851. The molecule has 2 saturated carbocycles. The van der Waals surface area contributed by atoms with E-state index in [0.29, 0.717) is 18.3 Å². The maximum absolute atomic E-state index is 11.7. The number of fused-ring (bicyclic) bond motifs is 2. The van der Waals surface area contributed by atoms with Crippen LogP contribution in [0.15, 0.2) is 5.51 Å². The van der Waals surface area contributed by atoms with Gasteiger partial charge in [0.25, 0.3) is 0 Å². The third-order valence-electron chi connectivity index (χ3n) is 4.09. The van der Waals surface area contributed by atoms with Crippen molar-refractivity contribution in [2.24, 2.45) is 11.8 Å². The number of aromatic nitrogens is 1. The van der Waals surface area contributed by atoms with Gasteiger partial charge in [-0.3, -0.25) is 0 Å². The minimum absolute atomic E-state index is 0.315. The maximum atomic E-state index is 11.7. The number of carbonyl (C=O) groups excluding carboxylic acids is 1. The number of thiazole rings is 1. The lowest BCUT2D eigenvalue weighted by molar-refractivity contribution is 0.0521. The molecule has 2 aliphatic rings. The molecule has 1 aromatic rings. The zero-order chi connectivity index (χ0) is 12.5. The second kappa shape index (κ2) is 4.88. The molecule has 2 aliphatic carbocycles. The van der Waals surface area contributed by atoms with Gasteiger partial charge in [-0.2, -0.15) is 0 Å². The molecule has 2 bridgehead atoms. The highest BCUT2D eigenvalue weighted by Crippen LogP contribution is 2.46. The average Bonchev–Trinajstić information content (AvgIpc) is 3.04. The number of ether oxygens (including phenoxy) is 1. The Kier molecular flexibility index (Phi) is 3.24. The van der Waals surface area contributed by atoms with Gasteiger partial charge in [0.2, 0.25) is 0 Å². The fourth-order valence-corrected chi connectivity index (χ4v) is 4.01. The highest BCUT2D eigenvalue weighted by atomic mass is 32.1. The average molecular weight is 266 g/mol. The van der Waals surface area contributed by atoms with E-state index in [0.717, 1.165) is 16.8 Å². The third kappa shape index (κ3) is 2.11. The van der Waals surface area contributed by atoms with Gasteiger partial charge in [0.05, 0.1) is 12.1 Å². The summed E-state index contributed by atoms with van der Waals surface area (Å²) in [6.07, 6.45) is 5.31. The summed E-state index contributed by atoms with van der Waals surface area (Å²) in [5, 5.41) is 4.40. The standard InChI is InChI=1S/C13H18N2O2S/c1-2-17-13(16)11-12(18-7-14-11)15-10-6-8-3-4-9(10)5-8/h7-10,15H,2-6H2,1H3. The molecule has 0 amide bonds. The Morgan fingerprint density at radius 2 is 2.44 bits per heavy atom. The van der Waals surface area contributed by atoms with Gasteiger partial charge in [-0.25, -0.2) is 9.78 Å². The van der Waals surface area contributed by atoms with Crippen LogP contribution in [-0.2, 0) is 4.74 Å². The van der Waals surface area contributed by atoms with Crippen molar-refractivity contribution in [3.63, 3.8) is 0 Å². The predicted molar refractivity (Wildman–Crippen MR) is 70.9 cm³/mol. The first kappa shape index (κ1) is 12.0. The van der Waals surface area contributed by atoms with E-state index in [-0.39, 0.29) is 5.97 Å². The first-order valence-corrected chi connectivity index (χ1v) is 7.53. The number of hydrogen-bond donors (Lipinski definition) is 1. The third-order valence-corrected chi connectivity index (χ3v) is 4.85. The molecule has 3 unspecified atom stereocenters. The monoisotopic (exact) mass is 266 g/mol. The maximum Gasteiger partial charge on any atom is 0.360 e. The largest absolute Gasteiger partial charge is 0.461 e. The normalized spacial score (nSPS) is 29.5. The van der Waals surface area contributed by atoms with Crippen LogP contribution in [0, 0.1) is 11.8 Å². The zero-order valence-electron chi connectivity index (χ0n) is 10.5. The molecule has 1 aromatic heterocycles. The van der Waals surface area contributed by atoms with E-state index in [1.807, 2.05) is 6.92 Å².